The van der Waals surface area contributed by atoms with Crippen LogP contribution in [0.3, 0.4) is 0 Å². The SMILES string of the molecule is N#Cc1cc(C2=CNC(C(=O)C(=O)c3ccc(C(F)(F)F)cc3)C=C2)c(-c2ccco2)nc1N. The highest BCUT2D eigenvalue weighted by molar-refractivity contribution is 6.45. The second-order valence-electron chi connectivity index (χ2n) is 7.28. The molecule has 1 unspecified atom stereocenters. The highest BCUT2D eigenvalue weighted by Crippen LogP contribution is 2.32. The van der Waals surface area contributed by atoms with E-state index in [9.17, 15) is 28.0 Å². The zero-order chi connectivity index (χ0) is 24.5. The molecular formula is C24H15F3N4O3. The molecule has 1 aliphatic heterocycles. The fourth-order valence-corrected chi connectivity index (χ4v) is 3.35. The lowest BCUT2D eigenvalue weighted by molar-refractivity contribution is -0.137. The average molecular weight is 464 g/mol. The van der Waals surface area contributed by atoms with E-state index in [1.54, 1.807) is 18.2 Å². The summed E-state index contributed by atoms with van der Waals surface area (Å²) in [4.78, 5) is 29.4. The first-order valence-corrected chi connectivity index (χ1v) is 9.84. The van der Waals surface area contributed by atoms with Gasteiger partial charge in [0.1, 0.15) is 23.6 Å². The number of rotatable bonds is 5. The lowest BCUT2D eigenvalue weighted by Crippen LogP contribution is -2.38. The van der Waals surface area contributed by atoms with Gasteiger partial charge in [-0.15, -0.1) is 0 Å². The number of carbonyl (C=O) groups excluding carboxylic acids is 2. The quantitative estimate of drug-likeness (QED) is 0.430. The summed E-state index contributed by atoms with van der Waals surface area (Å²) in [5, 5.41) is 12.1. The predicted molar refractivity (Wildman–Crippen MR) is 116 cm³/mol. The normalized spacial score (nSPS) is 15.2. The van der Waals surface area contributed by atoms with Crippen molar-refractivity contribution in [1.29, 1.82) is 5.26 Å². The molecule has 0 saturated heterocycles. The molecular weight excluding hydrogens is 449 g/mol. The highest BCUT2D eigenvalue weighted by Gasteiger charge is 2.31. The van der Waals surface area contributed by atoms with Crippen molar-refractivity contribution >= 4 is 23.0 Å². The first-order valence-electron chi connectivity index (χ1n) is 9.84. The largest absolute Gasteiger partial charge is 0.463 e. The van der Waals surface area contributed by atoms with Crippen LogP contribution in [0.1, 0.15) is 27.0 Å². The number of furan rings is 1. The molecule has 4 rings (SSSR count). The number of nitrogens with two attached hydrogens (primary N) is 1. The lowest BCUT2D eigenvalue weighted by atomic mass is 9.95. The number of dihydropyridines is 1. The van der Waals surface area contributed by atoms with E-state index < -0.39 is 29.3 Å². The number of allylic oxidation sites excluding steroid dienone is 2. The lowest BCUT2D eigenvalue weighted by Gasteiger charge is -2.19. The van der Waals surface area contributed by atoms with Crippen LogP contribution in [0.4, 0.5) is 19.0 Å². The van der Waals surface area contributed by atoms with E-state index in [1.165, 1.54) is 24.6 Å². The fraction of sp³-hybridized carbons (Fsp3) is 0.0833. The molecule has 3 aromatic rings. The molecule has 0 aliphatic carbocycles. The number of hydrogen-bond donors (Lipinski definition) is 2. The average Bonchev–Trinajstić information content (AvgIpc) is 3.37. The summed E-state index contributed by atoms with van der Waals surface area (Å²) >= 11 is 0. The van der Waals surface area contributed by atoms with Gasteiger partial charge in [-0.2, -0.15) is 18.4 Å². The highest BCUT2D eigenvalue weighted by atomic mass is 19.4. The summed E-state index contributed by atoms with van der Waals surface area (Å²) in [7, 11) is 0. The minimum absolute atomic E-state index is 0.0289. The summed E-state index contributed by atoms with van der Waals surface area (Å²) in [5.74, 6) is -1.33. The van der Waals surface area contributed by atoms with Crippen molar-refractivity contribution in [3.63, 3.8) is 0 Å². The second kappa shape index (κ2) is 8.71. The maximum absolute atomic E-state index is 12.7. The summed E-state index contributed by atoms with van der Waals surface area (Å²) < 4.78 is 43.6. The Labute approximate surface area is 191 Å². The van der Waals surface area contributed by atoms with Gasteiger partial charge in [-0.25, -0.2) is 4.98 Å². The molecule has 3 N–H and O–H groups in total. The van der Waals surface area contributed by atoms with Crippen LogP contribution >= 0.6 is 0 Å². The van der Waals surface area contributed by atoms with Crippen LogP contribution in [0.5, 0.6) is 0 Å². The van der Waals surface area contributed by atoms with Crippen molar-refractivity contribution < 1.29 is 27.2 Å². The monoisotopic (exact) mass is 464 g/mol. The first kappa shape index (κ1) is 22.5. The number of anilines is 1. The van der Waals surface area contributed by atoms with Crippen LogP contribution in [0, 0.1) is 11.3 Å². The number of nitrogen functional groups attached to an aromatic ring is 1. The Kier molecular flexibility index (Phi) is 5.77. The minimum Gasteiger partial charge on any atom is -0.463 e. The van der Waals surface area contributed by atoms with E-state index in [0.717, 1.165) is 24.3 Å². The van der Waals surface area contributed by atoms with Crippen LogP contribution in [0.25, 0.3) is 17.0 Å². The molecule has 1 aromatic carbocycles. The van der Waals surface area contributed by atoms with E-state index >= 15 is 0 Å². The zero-order valence-electron chi connectivity index (χ0n) is 17.3. The van der Waals surface area contributed by atoms with Crippen LogP contribution in [-0.2, 0) is 11.0 Å². The number of alkyl halides is 3. The van der Waals surface area contributed by atoms with E-state index in [-0.39, 0.29) is 16.9 Å². The predicted octanol–water partition coefficient (Wildman–Crippen LogP) is 4.14. The standard InChI is InChI=1S/C24H15F3N4O3/c25-24(26,27)16-6-3-13(4-7-16)21(32)22(33)18-8-5-14(12-30-18)17-10-15(11-28)23(29)31-20(17)19-2-1-9-34-19/h1-10,12,18,30H,(H2,29,31). The number of nitrogens with zero attached hydrogens (tertiary/aromatic N) is 2. The van der Waals surface area contributed by atoms with Crippen molar-refractivity contribution in [1.82, 2.24) is 10.3 Å². The first-order chi connectivity index (χ1) is 16.2. The second-order valence-corrected chi connectivity index (χ2v) is 7.28. The minimum atomic E-state index is -4.54. The van der Waals surface area contributed by atoms with Gasteiger partial charge in [0.25, 0.3) is 0 Å². The number of carbonyl (C=O) groups is 2. The molecule has 170 valence electrons. The van der Waals surface area contributed by atoms with Crippen molar-refractivity contribution in [3.8, 4) is 17.5 Å². The Bertz CT molecular complexity index is 1370. The third kappa shape index (κ3) is 4.31. The Morgan fingerprint density at radius 1 is 1.18 bits per heavy atom. The number of aromatic nitrogens is 1. The number of benzene rings is 1. The summed E-state index contributed by atoms with van der Waals surface area (Å²) in [6.07, 6.45) is 1.40. The number of pyridine rings is 1. The number of ketones is 2. The van der Waals surface area contributed by atoms with Crippen LogP contribution < -0.4 is 11.1 Å². The van der Waals surface area contributed by atoms with Crippen molar-refractivity contribution in [3.05, 3.63) is 89.3 Å². The van der Waals surface area contributed by atoms with Crippen LogP contribution in [0.15, 0.2) is 71.5 Å². The van der Waals surface area contributed by atoms with Gasteiger partial charge < -0.3 is 15.5 Å². The zero-order valence-corrected chi connectivity index (χ0v) is 17.3. The fourth-order valence-electron chi connectivity index (χ4n) is 3.35. The molecule has 0 saturated carbocycles. The van der Waals surface area contributed by atoms with E-state index in [4.69, 9.17) is 10.2 Å². The van der Waals surface area contributed by atoms with Crippen molar-refractivity contribution in [2.24, 2.45) is 0 Å². The van der Waals surface area contributed by atoms with Crippen molar-refractivity contribution in [2.45, 2.75) is 12.2 Å². The summed E-state index contributed by atoms with van der Waals surface area (Å²) in [6.45, 7) is 0. The molecule has 0 bridgehead atoms. The number of hydrogen-bond acceptors (Lipinski definition) is 7. The Morgan fingerprint density at radius 3 is 2.47 bits per heavy atom. The molecule has 10 heteroatoms. The van der Waals surface area contributed by atoms with Gasteiger partial charge >= 0.3 is 6.18 Å². The molecule has 2 aromatic heterocycles. The van der Waals surface area contributed by atoms with Gasteiger partial charge in [0.15, 0.2) is 5.76 Å². The van der Waals surface area contributed by atoms with Crippen LogP contribution in [0.2, 0.25) is 0 Å². The Balaban J connectivity index is 1.56. The van der Waals surface area contributed by atoms with Gasteiger partial charge in [0, 0.05) is 17.3 Å². The van der Waals surface area contributed by atoms with Gasteiger partial charge in [0.2, 0.25) is 11.6 Å². The Morgan fingerprint density at radius 2 is 1.91 bits per heavy atom. The molecule has 1 aliphatic rings. The molecule has 0 fully saturated rings. The molecule has 0 radical (unpaired) electrons. The maximum Gasteiger partial charge on any atom is 0.416 e. The maximum atomic E-state index is 12.7. The molecule has 34 heavy (non-hydrogen) atoms. The van der Waals surface area contributed by atoms with Gasteiger partial charge in [-0.1, -0.05) is 24.3 Å². The summed E-state index contributed by atoms with van der Waals surface area (Å²) in [5.41, 5.74) is 6.36. The van der Waals surface area contributed by atoms with E-state index in [1.807, 2.05) is 6.07 Å². The van der Waals surface area contributed by atoms with Gasteiger partial charge in [-0.3, -0.25) is 9.59 Å². The smallest absolute Gasteiger partial charge is 0.416 e. The molecule has 3 heterocycles. The number of nitrogens with one attached hydrogen (secondary N) is 1. The van der Waals surface area contributed by atoms with Gasteiger partial charge in [0.05, 0.1) is 17.4 Å². The molecule has 1 atom stereocenters. The molecule has 0 spiro atoms. The van der Waals surface area contributed by atoms with Crippen LogP contribution in [-0.4, -0.2) is 22.6 Å². The third-order valence-corrected chi connectivity index (χ3v) is 5.11. The number of Topliss-reactive ketones (excluding diaryl/α,β-unsaturated/α-hetero) is 2. The van der Waals surface area contributed by atoms with E-state index in [0.29, 0.717) is 22.6 Å². The molecule has 7 nitrogen and oxygen atoms in total. The number of nitriles is 1. The van der Waals surface area contributed by atoms with Crippen molar-refractivity contribution in [2.75, 3.05) is 5.73 Å². The summed E-state index contributed by atoms with van der Waals surface area (Å²) in [6, 6.07) is 9.25. The van der Waals surface area contributed by atoms with E-state index in [2.05, 4.69) is 10.3 Å². The van der Waals surface area contributed by atoms with Gasteiger partial charge in [-0.05, 0) is 35.9 Å². The Hall–Kier alpha value is -4.65. The number of halogens is 3. The third-order valence-electron chi connectivity index (χ3n) is 5.11. The molecule has 0 amide bonds. The topological polar surface area (TPSA) is 122 Å².